The molecule has 1 N–H and O–H groups in total. The first-order valence-corrected chi connectivity index (χ1v) is 11.4. The standard InChI is InChI=1S/C29H32N2O/c1-4-5-9-17-32-29-19-25(22(2)18-26(29)21-31-3)16-15-24-13-10-14-27(28(24)20-30)23-11-7-6-8-12-23/h6-8,10-16,18-19,31H,4-5,9,17,21H2,1-3H3/b16-15+. The van der Waals surface area contributed by atoms with Crippen LogP contribution in [0, 0.1) is 18.3 Å². The smallest absolute Gasteiger partial charge is 0.124 e. The molecule has 0 amide bonds. The molecule has 164 valence electrons. The van der Waals surface area contributed by atoms with E-state index in [1.165, 1.54) is 24.0 Å². The summed E-state index contributed by atoms with van der Waals surface area (Å²) >= 11 is 0. The largest absolute Gasteiger partial charge is 0.493 e. The number of nitriles is 1. The van der Waals surface area contributed by atoms with Gasteiger partial charge >= 0.3 is 0 Å². The average Bonchev–Trinajstić information content (AvgIpc) is 2.82. The third kappa shape index (κ3) is 5.87. The van der Waals surface area contributed by atoms with Crippen molar-refractivity contribution in [2.45, 2.75) is 39.7 Å². The van der Waals surface area contributed by atoms with Gasteiger partial charge in [0.25, 0.3) is 0 Å². The number of hydrogen-bond acceptors (Lipinski definition) is 3. The van der Waals surface area contributed by atoms with Crippen LogP contribution < -0.4 is 10.1 Å². The Morgan fingerprint density at radius 2 is 1.75 bits per heavy atom. The van der Waals surface area contributed by atoms with Gasteiger partial charge in [-0.05, 0) is 48.7 Å². The van der Waals surface area contributed by atoms with Crippen molar-refractivity contribution in [1.82, 2.24) is 5.32 Å². The molecule has 0 aliphatic heterocycles. The molecule has 3 nitrogen and oxygen atoms in total. The molecule has 0 radical (unpaired) electrons. The van der Waals surface area contributed by atoms with E-state index in [1.807, 2.05) is 61.7 Å². The maximum absolute atomic E-state index is 9.88. The summed E-state index contributed by atoms with van der Waals surface area (Å²) in [5.41, 5.74) is 7.07. The first-order valence-electron chi connectivity index (χ1n) is 11.4. The number of benzene rings is 3. The molecule has 0 aliphatic carbocycles. The molecule has 3 heteroatoms. The SMILES string of the molecule is CCCCCOc1cc(/C=C/c2cccc(-c3ccccc3)c2C#N)c(C)cc1CNC. The molecule has 0 aliphatic rings. The van der Waals surface area contributed by atoms with E-state index in [4.69, 9.17) is 4.74 Å². The van der Waals surface area contributed by atoms with Crippen LogP contribution in [0.1, 0.15) is 54.0 Å². The maximum Gasteiger partial charge on any atom is 0.124 e. The molecule has 0 saturated carbocycles. The van der Waals surface area contributed by atoms with Crippen molar-refractivity contribution in [3.05, 3.63) is 88.5 Å². The van der Waals surface area contributed by atoms with Crippen LogP contribution in [-0.4, -0.2) is 13.7 Å². The molecule has 3 aromatic rings. The average molecular weight is 425 g/mol. The Morgan fingerprint density at radius 3 is 2.47 bits per heavy atom. The zero-order chi connectivity index (χ0) is 22.8. The van der Waals surface area contributed by atoms with Gasteiger partial charge < -0.3 is 10.1 Å². The minimum Gasteiger partial charge on any atom is -0.493 e. The molecule has 0 unspecified atom stereocenters. The molecule has 0 spiro atoms. The van der Waals surface area contributed by atoms with Crippen molar-refractivity contribution in [3.8, 4) is 22.9 Å². The molecule has 32 heavy (non-hydrogen) atoms. The van der Waals surface area contributed by atoms with E-state index in [-0.39, 0.29) is 0 Å². The zero-order valence-corrected chi connectivity index (χ0v) is 19.3. The van der Waals surface area contributed by atoms with Gasteiger partial charge in [-0.2, -0.15) is 5.26 Å². The lowest BCUT2D eigenvalue weighted by Gasteiger charge is -2.14. The third-order valence-corrected chi connectivity index (χ3v) is 5.56. The van der Waals surface area contributed by atoms with Crippen LogP contribution in [0.25, 0.3) is 23.3 Å². The van der Waals surface area contributed by atoms with E-state index in [0.717, 1.165) is 47.6 Å². The maximum atomic E-state index is 9.88. The highest BCUT2D eigenvalue weighted by Crippen LogP contribution is 2.29. The number of unbranched alkanes of at least 4 members (excludes halogenated alkanes) is 2. The van der Waals surface area contributed by atoms with Crippen molar-refractivity contribution in [1.29, 1.82) is 5.26 Å². The first-order chi connectivity index (χ1) is 15.7. The number of nitrogens with one attached hydrogen (secondary N) is 1. The van der Waals surface area contributed by atoms with Crippen LogP contribution in [0.3, 0.4) is 0 Å². The van der Waals surface area contributed by atoms with Gasteiger partial charge in [0.15, 0.2) is 0 Å². The summed E-state index contributed by atoms with van der Waals surface area (Å²) in [5.74, 6) is 0.930. The van der Waals surface area contributed by atoms with E-state index in [2.05, 4.69) is 43.4 Å². The molecule has 3 aromatic carbocycles. The fourth-order valence-electron chi connectivity index (χ4n) is 3.81. The topological polar surface area (TPSA) is 45.0 Å². The van der Waals surface area contributed by atoms with Crippen LogP contribution in [0.4, 0.5) is 0 Å². The second-order valence-corrected chi connectivity index (χ2v) is 7.98. The Bertz CT molecular complexity index is 1090. The fraction of sp³-hybridized carbons (Fsp3) is 0.276. The number of aryl methyl sites for hydroxylation is 1. The summed E-state index contributed by atoms with van der Waals surface area (Å²) in [7, 11) is 1.95. The quantitative estimate of drug-likeness (QED) is 0.282. The van der Waals surface area contributed by atoms with Crippen molar-refractivity contribution < 1.29 is 4.74 Å². The molecule has 0 heterocycles. The van der Waals surface area contributed by atoms with Crippen LogP contribution in [0.2, 0.25) is 0 Å². The van der Waals surface area contributed by atoms with E-state index in [1.54, 1.807) is 0 Å². The van der Waals surface area contributed by atoms with Crippen LogP contribution in [0.15, 0.2) is 60.7 Å². The predicted molar refractivity (Wildman–Crippen MR) is 134 cm³/mol. The zero-order valence-electron chi connectivity index (χ0n) is 19.3. The van der Waals surface area contributed by atoms with Crippen molar-refractivity contribution >= 4 is 12.2 Å². The van der Waals surface area contributed by atoms with E-state index in [0.29, 0.717) is 5.56 Å². The first kappa shape index (κ1) is 23.3. The van der Waals surface area contributed by atoms with Gasteiger partial charge in [-0.15, -0.1) is 0 Å². The second kappa shape index (κ2) is 11.9. The van der Waals surface area contributed by atoms with Crippen molar-refractivity contribution in [2.75, 3.05) is 13.7 Å². The second-order valence-electron chi connectivity index (χ2n) is 7.98. The van der Waals surface area contributed by atoms with Crippen LogP contribution >= 0.6 is 0 Å². The number of hydrogen-bond donors (Lipinski definition) is 1. The summed E-state index contributed by atoms with van der Waals surface area (Å²) in [6.07, 6.45) is 7.53. The third-order valence-electron chi connectivity index (χ3n) is 5.56. The van der Waals surface area contributed by atoms with Gasteiger partial charge in [-0.3, -0.25) is 0 Å². The molecule has 0 fully saturated rings. The summed E-state index contributed by atoms with van der Waals surface area (Å²) in [6.45, 7) is 5.81. The molecule has 0 saturated heterocycles. The van der Waals surface area contributed by atoms with Gasteiger partial charge in [0.05, 0.1) is 12.2 Å². The highest BCUT2D eigenvalue weighted by atomic mass is 16.5. The molecule has 0 aromatic heterocycles. The molecule has 0 bridgehead atoms. The molecule has 3 rings (SSSR count). The van der Waals surface area contributed by atoms with Crippen molar-refractivity contribution in [2.24, 2.45) is 0 Å². The summed E-state index contributed by atoms with van der Waals surface area (Å²) < 4.78 is 6.14. The van der Waals surface area contributed by atoms with E-state index >= 15 is 0 Å². The summed E-state index contributed by atoms with van der Waals surface area (Å²) in [4.78, 5) is 0. The fourth-order valence-corrected chi connectivity index (χ4v) is 3.81. The van der Waals surface area contributed by atoms with Gasteiger partial charge in [-0.25, -0.2) is 0 Å². The number of rotatable bonds is 10. The number of ether oxygens (including phenoxy) is 1. The predicted octanol–water partition coefficient (Wildman–Crippen LogP) is 6.99. The molecule has 0 atom stereocenters. The Kier molecular flexibility index (Phi) is 8.66. The highest BCUT2D eigenvalue weighted by molar-refractivity contribution is 5.81. The Balaban J connectivity index is 1.92. The monoisotopic (exact) mass is 424 g/mol. The Morgan fingerprint density at radius 1 is 0.969 bits per heavy atom. The Labute approximate surface area is 192 Å². The molecular weight excluding hydrogens is 392 g/mol. The van der Waals surface area contributed by atoms with Crippen molar-refractivity contribution in [3.63, 3.8) is 0 Å². The highest BCUT2D eigenvalue weighted by Gasteiger charge is 2.10. The van der Waals surface area contributed by atoms with Gasteiger partial charge in [0.2, 0.25) is 0 Å². The van der Waals surface area contributed by atoms with Crippen LogP contribution in [-0.2, 0) is 6.54 Å². The van der Waals surface area contributed by atoms with Gasteiger partial charge in [-0.1, -0.05) is 86.5 Å². The minimum atomic E-state index is 0.690. The summed E-state index contributed by atoms with van der Waals surface area (Å²) in [5, 5.41) is 13.1. The molecular formula is C29H32N2O. The van der Waals surface area contributed by atoms with Gasteiger partial charge in [0.1, 0.15) is 11.8 Å². The minimum absolute atomic E-state index is 0.690. The summed E-state index contributed by atoms with van der Waals surface area (Å²) in [6, 6.07) is 22.8. The van der Waals surface area contributed by atoms with Gasteiger partial charge in [0, 0.05) is 17.7 Å². The normalized spacial score (nSPS) is 10.9. The lowest BCUT2D eigenvalue weighted by Crippen LogP contribution is -2.09. The lowest BCUT2D eigenvalue weighted by molar-refractivity contribution is 0.302. The number of nitrogens with zero attached hydrogens (tertiary/aromatic N) is 1. The lowest BCUT2D eigenvalue weighted by atomic mass is 9.95. The van der Waals surface area contributed by atoms with Crippen LogP contribution in [0.5, 0.6) is 5.75 Å². The van der Waals surface area contributed by atoms with E-state index < -0.39 is 0 Å². The Hall–Kier alpha value is -3.35. The van der Waals surface area contributed by atoms with E-state index in [9.17, 15) is 5.26 Å².